The molecule has 0 fully saturated rings. The van der Waals surface area contributed by atoms with Crippen LogP contribution in [0, 0.1) is 0 Å². The molecular weight excluding hydrogens is 196 g/mol. The summed E-state index contributed by atoms with van der Waals surface area (Å²) < 4.78 is 5.23. The van der Waals surface area contributed by atoms with Crippen molar-refractivity contribution >= 4 is 12.2 Å². The molecule has 1 heterocycles. The number of furan rings is 1. The van der Waals surface area contributed by atoms with E-state index < -0.39 is 0 Å². The molecule has 1 aromatic heterocycles. The van der Waals surface area contributed by atoms with Crippen LogP contribution in [0.25, 0.3) is 12.2 Å². The molecule has 0 saturated carbocycles. The molecule has 0 spiro atoms. The summed E-state index contributed by atoms with van der Waals surface area (Å²) in [5.41, 5.74) is 2.61. The van der Waals surface area contributed by atoms with E-state index in [2.05, 4.69) is 37.3 Å². The first-order valence-electron chi connectivity index (χ1n) is 5.69. The monoisotopic (exact) mass is 212 g/mol. The van der Waals surface area contributed by atoms with E-state index in [1.54, 1.807) is 6.26 Å². The second kappa shape index (κ2) is 5.36. The zero-order valence-corrected chi connectivity index (χ0v) is 9.52. The summed E-state index contributed by atoms with van der Waals surface area (Å²) in [6.45, 7) is 2.20. The Morgan fingerprint density at radius 2 is 1.88 bits per heavy atom. The fourth-order valence-corrected chi connectivity index (χ4v) is 1.65. The van der Waals surface area contributed by atoms with Gasteiger partial charge in [0.2, 0.25) is 0 Å². The summed E-state index contributed by atoms with van der Waals surface area (Å²) in [4.78, 5) is 0. The van der Waals surface area contributed by atoms with Crippen LogP contribution in [0.2, 0.25) is 0 Å². The van der Waals surface area contributed by atoms with Gasteiger partial charge in [-0.15, -0.1) is 0 Å². The lowest BCUT2D eigenvalue weighted by Crippen LogP contribution is -1.82. The summed E-state index contributed by atoms with van der Waals surface area (Å²) in [6.07, 6.45) is 8.08. The molecule has 0 aliphatic rings. The SMILES string of the molecule is CCCc1ccc(/C=C/c2ccco2)cc1. The topological polar surface area (TPSA) is 13.1 Å². The summed E-state index contributed by atoms with van der Waals surface area (Å²) in [5.74, 6) is 0.887. The van der Waals surface area contributed by atoms with Crippen LogP contribution < -0.4 is 0 Å². The van der Waals surface area contributed by atoms with E-state index in [1.165, 1.54) is 17.5 Å². The van der Waals surface area contributed by atoms with E-state index in [-0.39, 0.29) is 0 Å². The first-order valence-corrected chi connectivity index (χ1v) is 5.69. The van der Waals surface area contributed by atoms with Crippen molar-refractivity contribution in [2.24, 2.45) is 0 Å². The normalized spacial score (nSPS) is 11.1. The Morgan fingerprint density at radius 3 is 2.50 bits per heavy atom. The Morgan fingerprint density at radius 1 is 1.06 bits per heavy atom. The molecule has 0 aliphatic carbocycles. The maximum atomic E-state index is 5.23. The van der Waals surface area contributed by atoms with Crippen molar-refractivity contribution in [2.45, 2.75) is 19.8 Å². The van der Waals surface area contributed by atoms with Gasteiger partial charge in [0.15, 0.2) is 0 Å². The number of aryl methyl sites for hydroxylation is 1. The van der Waals surface area contributed by atoms with E-state index in [0.717, 1.165) is 12.2 Å². The molecule has 0 amide bonds. The molecule has 0 unspecified atom stereocenters. The van der Waals surface area contributed by atoms with Crippen LogP contribution in [-0.4, -0.2) is 0 Å². The van der Waals surface area contributed by atoms with Crippen LogP contribution in [0.15, 0.2) is 47.1 Å². The average Bonchev–Trinajstić information content (AvgIpc) is 2.82. The highest BCUT2D eigenvalue weighted by atomic mass is 16.3. The standard InChI is InChI=1S/C15H16O/c1-2-4-13-6-8-14(9-7-13)10-11-15-5-3-12-16-15/h3,5-12H,2,4H2,1H3/b11-10+. The second-order valence-electron chi connectivity index (χ2n) is 3.84. The van der Waals surface area contributed by atoms with Gasteiger partial charge in [-0.25, -0.2) is 0 Å². The molecule has 0 saturated heterocycles. The van der Waals surface area contributed by atoms with Gasteiger partial charge in [-0.1, -0.05) is 43.7 Å². The Bertz CT molecular complexity index is 435. The van der Waals surface area contributed by atoms with Gasteiger partial charge in [0.05, 0.1) is 6.26 Å². The predicted molar refractivity (Wildman–Crippen MR) is 68.1 cm³/mol. The molecule has 2 rings (SSSR count). The molecule has 1 heteroatoms. The fraction of sp³-hybridized carbons (Fsp3) is 0.200. The minimum Gasteiger partial charge on any atom is -0.465 e. The molecule has 0 radical (unpaired) electrons. The smallest absolute Gasteiger partial charge is 0.126 e. The van der Waals surface area contributed by atoms with E-state index in [1.807, 2.05) is 18.2 Å². The van der Waals surface area contributed by atoms with Crippen molar-refractivity contribution in [3.63, 3.8) is 0 Å². The highest BCUT2D eigenvalue weighted by molar-refractivity contribution is 5.67. The lowest BCUT2D eigenvalue weighted by molar-refractivity contribution is 0.557. The van der Waals surface area contributed by atoms with Gasteiger partial charge in [0.1, 0.15) is 5.76 Å². The van der Waals surface area contributed by atoms with Crippen molar-refractivity contribution in [2.75, 3.05) is 0 Å². The van der Waals surface area contributed by atoms with Crippen molar-refractivity contribution in [1.29, 1.82) is 0 Å². The maximum Gasteiger partial charge on any atom is 0.126 e. The van der Waals surface area contributed by atoms with Crippen LogP contribution in [0.3, 0.4) is 0 Å². The zero-order chi connectivity index (χ0) is 11.2. The zero-order valence-electron chi connectivity index (χ0n) is 9.52. The minimum absolute atomic E-state index is 0.887. The van der Waals surface area contributed by atoms with Gasteiger partial charge >= 0.3 is 0 Å². The predicted octanol–water partition coefficient (Wildman–Crippen LogP) is 4.40. The molecular formula is C15H16O. The third-order valence-electron chi connectivity index (χ3n) is 2.50. The number of benzene rings is 1. The molecule has 82 valence electrons. The van der Waals surface area contributed by atoms with Crippen LogP contribution in [-0.2, 0) is 6.42 Å². The first kappa shape index (κ1) is 10.7. The van der Waals surface area contributed by atoms with Crippen LogP contribution >= 0.6 is 0 Å². The molecule has 1 aromatic carbocycles. The third-order valence-corrected chi connectivity index (χ3v) is 2.50. The lowest BCUT2D eigenvalue weighted by atomic mass is 10.1. The van der Waals surface area contributed by atoms with Crippen LogP contribution in [0.4, 0.5) is 0 Å². The third kappa shape index (κ3) is 2.86. The van der Waals surface area contributed by atoms with E-state index in [0.29, 0.717) is 0 Å². The summed E-state index contributed by atoms with van der Waals surface area (Å²) in [5, 5.41) is 0. The highest BCUT2D eigenvalue weighted by Gasteiger charge is 1.92. The summed E-state index contributed by atoms with van der Waals surface area (Å²) in [6, 6.07) is 12.5. The van der Waals surface area contributed by atoms with E-state index in [4.69, 9.17) is 4.42 Å². The van der Waals surface area contributed by atoms with Crippen LogP contribution in [0.5, 0.6) is 0 Å². The highest BCUT2D eigenvalue weighted by Crippen LogP contribution is 2.11. The Balaban J connectivity index is 2.05. The summed E-state index contributed by atoms with van der Waals surface area (Å²) >= 11 is 0. The number of hydrogen-bond donors (Lipinski definition) is 0. The molecule has 0 N–H and O–H groups in total. The Hall–Kier alpha value is -1.76. The van der Waals surface area contributed by atoms with Crippen molar-refractivity contribution < 1.29 is 4.42 Å². The van der Waals surface area contributed by atoms with Crippen molar-refractivity contribution in [3.05, 3.63) is 59.5 Å². The van der Waals surface area contributed by atoms with Gasteiger partial charge in [-0.3, -0.25) is 0 Å². The molecule has 16 heavy (non-hydrogen) atoms. The molecule has 0 bridgehead atoms. The van der Waals surface area contributed by atoms with Crippen molar-refractivity contribution in [3.8, 4) is 0 Å². The largest absolute Gasteiger partial charge is 0.465 e. The van der Waals surface area contributed by atoms with Gasteiger partial charge < -0.3 is 4.42 Å². The number of hydrogen-bond acceptors (Lipinski definition) is 1. The molecule has 2 aromatic rings. The van der Waals surface area contributed by atoms with E-state index >= 15 is 0 Å². The van der Waals surface area contributed by atoms with Crippen LogP contribution in [0.1, 0.15) is 30.2 Å². The maximum absolute atomic E-state index is 5.23. The molecule has 0 aliphatic heterocycles. The van der Waals surface area contributed by atoms with Gasteiger partial charge in [-0.05, 0) is 35.8 Å². The second-order valence-corrected chi connectivity index (χ2v) is 3.84. The fourth-order valence-electron chi connectivity index (χ4n) is 1.65. The molecule has 1 nitrogen and oxygen atoms in total. The van der Waals surface area contributed by atoms with Crippen molar-refractivity contribution in [1.82, 2.24) is 0 Å². The van der Waals surface area contributed by atoms with E-state index in [9.17, 15) is 0 Å². The molecule has 0 atom stereocenters. The van der Waals surface area contributed by atoms with Gasteiger partial charge in [0, 0.05) is 0 Å². The quantitative estimate of drug-likeness (QED) is 0.732. The van der Waals surface area contributed by atoms with Gasteiger partial charge in [0.25, 0.3) is 0 Å². The van der Waals surface area contributed by atoms with Gasteiger partial charge in [-0.2, -0.15) is 0 Å². The summed E-state index contributed by atoms with van der Waals surface area (Å²) in [7, 11) is 0. The Labute approximate surface area is 96.4 Å². The first-order chi connectivity index (χ1) is 7.88. The average molecular weight is 212 g/mol. The number of rotatable bonds is 4. The minimum atomic E-state index is 0.887. The lowest BCUT2D eigenvalue weighted by Gasteiger charge is -1.98. The Kier molecular flexibility index (Phi) is 3.60.